The molecule has 1 aromatic carbocycles. The summed E-state index contributed by atoms with van der Waals surface area (Å²) in [7, 11) is 1.28. The molecular formula is C16H17NO4. The van der Waals surface area contributed by atoms with Crippen molar-refractivity contribution in [3.05, 3.63) is 59.0 Å². The second kappa shape index (κ2) is 6.74. The topological polar surface area (TPSA) is 68.5 Å². The second-order valence-corrected chi connectivity index (χ2v) is 4.46. The minimum absolute atomic E-state index is 0.200. The van der Waals surface area contributed by atoms with Crippen molar-refractivity contribution in [1.29, 1.82) is 0 Å². The standard InChI is InChI=1S/C16H17NO4/c1-3-13-14(16(19)20-2)12(10-21-13)15(18)17-9-11-7-5-4-6-8-11/h4-8,10H,3,9H2,1-2H3,(H,17,18). The van der Waals surface area contributed by atoms with Crippen LogP contribution in [0.1, 0.15) is 39.0 Å². The van der Waals surface area contributed by atoms with E-state index in [4.69, 9.17) is 9.15 Å². The molecule has 1 N–H and O–H groups in total. The maximum Gasteiger partial charge on any atom is 0.342 e. The third-order valence-electron chi connectivity index (χ3n) is 3.12. The van der Waals surface area contributed by atoms with Crippen LogP contribution < -0.4 is 5.32 Å². The van der Waals surface area contributed by atoms with E-state index in [1.807, 2.05) is 37.3 Å². The van der Waals surface area contributed by atoms with Crippen molar-refractivity contribution in [2.75, 3.05) is 7.11 Å². The van der Waals surface area contributed by atoms with Gasteiger partial charge in [-0.25, -0.2) is 4.79 Å². The van der Waals surface area contributed by atoms with E-state index in [2.05, 4.69) is 5.32 Å². The van der Waals surface area contributed by atoms with Crippen molar-refractivity contribution in [1.82, 2.24) is 5.32 Å². The molecule has 0 fully saturated rings. The number of esters is 1. The zero-order valence-electron chi connectivity index (χ0n) is 12.0. The molecule has 0 radical (unpaired) electrons. The third kappa shape index (κ3) is 3.31. The highest BCUT2D eigenvalue weighted by Gasteiger charge is 2.24. The number of rotatable bonds is 5. The Hall–Kier alpha value is -2.56. The van der Waals surface area contributed by atoms with Gasteiger partial charge >= 0.3 is 5.97 Å². The van der Waals surface area contributed by atoms with E-state index in [1.54, 1.807) is 0 Å². The van der Waals surface area contributed by atoms with Crippen molar-refractivity contribution in [3.63, 3.8) is 0 Å². The van der Waals surface area contributed by atoms with Crippen molar-refractivity contribution < 1.29 is 18.7 Å². The monoisotopic (exact) mass is 287 g/mol. The van der Waals surface area contributed by atoms with E-state index in [-0.39, 0.29) is 17.0 Å². The van der Waals surface area contributed by atoms with Crippen molar-refractivity contribution in [2.24, 2.45) is 0 Å². The van der Waals surface area contributed by atoms with E-state index in [9.17, 15) is 9.59 Å². The first-order valence-corrected chi connectivity index (χ1v) is 6.68. The van der Waals surface area contributed by atoms with Crippen molar-refractivity contribution >= 4 is 11.9 Å². The van der Waals surface area contributed by atoms with E-state index in [0.29, 0.717) is 18.7 Å². The predicted octanol–water partition coefficient (Wildman–Crippen LogP) is 2.56. The normalized spacial score (nSPS) is 10.2. The van der Waals surface area contributed by atoms with E-state index in [0.717, 1.165) is 5.56 Å². The highest BCUT2D eigenvalue weighted by atomic mass is 16.5. The average Bonchev–Trinajstić information content (AvgIpc) is 2.96. The van der Waals surface area contributed by atoms with Gasteiger partial charge in [-0.1, -0.05) is 37.3 Å². The molecule has 2 aromatic rings. The molecular weight excluding hydrogens is 270 g/mol. The van der Waals surface area contributed by atoms with Gasteiger partial charge in [-0.15, -0.1) is 0 Å². The summed E-state index contributed by atoms with van der Waals surface area (Å²) in [5.41, 5.74) is 1.38. The van der Waals surface area contributed by atoms with E-state index >= 15 is 0 Å². The second-order valence-electron chi connectivity index (χ2n) is 4.46. The van der Waals surface area contributed by atoms with Crippen LogP contribution in [0.25, 0.3) is 0 Å². The number of aryl methyl sites for hydroxylation is 1. The van der Waals surface area contributed by atoms with Gasteiger partial charge in [-0.3, -0.25) is 4.79 Å². The molecule has 0 aliphatic rings. The number of carbonyl (C=O) groups excluding carboxylic acids is 2. The molecule has 1 aromatic heterocycles. The zero-order valence-corrected chi connectivity index (χ0v) is 12.0. The maximum absolute atomic E-state index is 12.2. The lowest BCUT2D eigenvalue weighted by Gasteiger charge is -2.05. The fourth-order valence-corrected chi connectivity index (χ4v) is 2.02. The lowest BCUT2D eigenvalue weighted by molar-refractivity contribution is 0.0594. The molecule has 0 atom stereocenters. The van der Waals surface area contributed by atoms with Crippen LogP contribution in [-0.4, -0.2) is 19.0 Å². The van der Waals surface area contributed by atoms with Gasteiger partial charge in [0.15, 0.2) is 0 Å². The number of carbonyl (C=O) groups is 2. The Bertz CT molecular complexity index is 631. The summed E-state index contributed by atoms with van der Waals surface area (Å²) >= 11 is 0. The summed E-state index contributed by atoms with van der Waals surface area (Å²) in [4.78, 5) is 24.0. The summed E-state index contributed by atoms with van der Waals surface area (Å²) in [6.07, 6.45) is 1.81. The van der Waals surface area contributed by atoms with Crippen LogP contribution in [-0.2, 0) is 17.7 Å². The van der Waals surface area contributed by atoms with Gasteiger partial charge in [0.25, 0.3) is 5.91 Å². The summed E-state index contributed by atoms with van der Waals surface area (Å²) in [5, 5.41) is 2.77. The molecule has 1 heterocycles. The van der Waals surface area contributed by atoms with Gasteiger partial charge in [0.2, 0.25) is 0 Å². The SMILES string of the molecule is CCc1occ(C(=O)NCc2ccccc2)c1C(=O)OC. The molecule has 0 unspecified atom stereocenters. The molecule has 1 amide bonds. The Morgan fingerprint density at radius 3 is 2.57 bits per heavy atom. The van der Waals surface area contributed by atoms with Gasteiger partial charge in [0.1, 0.15) is 17.6 Å². The first-order valence-electron chi connectivity index (χ1n) is 6.68. The number of nitrogens with one attached hydrogen (secondary N) is 1. The first kappa shape index (κ1) is 14.8. The number of methoxy groups -OCH3 is 1. The van der Waals surface area contributed by atoms with E-state index < -0.39 is 5.97 Å². The minimum atomic E-state index is -0.564. The molecule has 0 aliphatic carbocycles. The predicted molar refractivity (Wildman–Crippen MR) is 77.0 cm³/mol. The lowest BCUT2D eigenvalue weighted by Crippen LogP contribution is -2.24. The van der Waals surface area contributed by atoms with E-state index in [1.165, 1.54) is 13.4 Å². The highest BCUT2D eigenvalue weighted by molar-refractivity contribution is 6.05. The molecule has 5 nitrogen and oxygen atoms in total. The van der Waals surface area contributed by atoms with Crippen molar-refractivity contribution in [2.45, 2.75) is 19.9 Å². The largest absolute Gasteiger partial charge is 0.468 e. The minimum Gasteiger partial charge on any atom is -0.468 e. The number of hydrogen-bond acceptors (Lipinski definition) is 4. The molecule has 21 heavy (non-hydrogen) atoms. The molecule has 2 rings (SSSR count). The van der Waals surface area contributed by atoms with Gasteiger partial charge in [0, 0.05) is 13.0 Å². The molecule has 0 aliphatic heterocycles. The summed E-state index contributed by atoms with van der Waals surface area (Å²) in [6, 6.07) is 9.52. The Kier molecular flexibility index (Phi) is 4.77. The number of hydrogen-bond donors (Lipinski definition) is 1. The smallest absolute Gasteiger partial charge is 0.342 e. The molecule has 110 valence electrons. The molecule has 0 saturated heterocycles. The number of benzene rings is 1. The van der Waals surface area contributed by atoms with Crippen LogP contribution in [0.2, 0.25) is 0 Å². The van der Waals surface area contributed by atoms with Crippen LogP contribution in [0.5, 0.6) is 0 Å². The fourth-order valence-electron chi connectivity index (χ4n) is 2.02. The van der Waals surface area contributed by atoms with Crippen LogP contribution in [0.15, 0.2) is 41.0 Å². The third-order valence-corrected chi connectivity index (χ3v) is 3.12. The Balaban J connectivity index is 2.16. The van der Waals surface area contributed by atoms with Crippen LogP contribution >= 0.6 is 0 Å². The number of furan rings is 1. The summed E-state index contributed by atoms with van der Waals surface area (Å²) in [6.45, 7) is 2.23. The summed E-state index contributed by atoms with van der Waals surface area (Å²) < 4.78 is 9.99. The average molecular weight is 287 g/mol. The highest BCUT2D eigenvalue weighted by Crippen LogP contribution is 2.19. The van der Waals surface area contributed by atoms with Crippen LogP contribution in [0, 0.1) is 0 Å². The van der Waals surface area contributed by atoms with Gasteiger partial charge in [-0.2, -0.15) is 0 Å². The molecule has 0 saturated carbocycles. The molecule has 0 spiro atoms. The Morgan fingerprint density at radius 1 is 1.24 bits per heavy atom. The van der Waals surface area contributed by atoms with Crippen molar-refractivity contribution in [3.8, 4) is 0 Å². The molecule has 5 heteroatoms. The fraction of sp³-hybridized carbons (Fsp3) is 0.250. The molecule has 0 bridgehead atoms. The van der Waals surface area contributed by atoms with Crippen LogP contribution in [0.3, 0.4) is 0 Å². The quantitative estimate of drug-likeness (QED) is 0.858. The Labute approximate surface area is 122 Å². The summed E-state index contributed by atoms with van der Waals surface area (Å²) in [5.74, 6) is -0.472. The zero-order chi connectivity index (χ0) is 15.2. The van der Waals surface area contributed by atoms with Gasteiger partial charge in [-0.05, 0) is 5.56 Å². The number of ether oxygens (including phenoxy) is 1. The lowest BCUT2D eigenvalue weighted by atomic mass is 10.1. The number of amides is 1. The van der Waals surface area contributed by atoms with Gasteiger partial charge < -0.3 is 14.5 Å². The Morgan fingerprint density at radius 2 is 1.95 bits per heavy atom. The first-order chi connectivity index (χ1) is 10.2. The van der Waals surface area contributed by atoms with Gasteiger partial charge in [0.05, 0.1) is 12.7 Å². The van der Waals surface area contributed by atoms with Crippen LogP contribution in [0.4, 0.5) is 0 Å². The maximum atomic E-state index is 12.2.